The lowest BCUT2D eigenvalue weighted by Crippen LogP contribution is -1.97. The molecule has 0 spiro atoms. The predicted molar refractivity (Wildman–Crippen MR) is 84.1 cm³/mol. The molecule has 0 saturated heterocycles. The van der Waals surface area contributed by atoms with Crippen molar-refractivity contribution >= 4 is 16.6 Å². The van der Waals surface area contributed by atoms with Gasteiger partial charge in [0, 0.05) is 5.56 Å². The van der Waals surface area contributed by atoms with Crippen LogP contribution in [0.4, 0.5) is 0 Å². The standard InChI is InChI=1S/C19H16O/c1-13-10-11-16(14(2)20)19(12-13)18-9-5-7-15-6-3-4-8-17(15)18/h3-12H,1-2H3. The molecular formula is C19H16O. The average Bonchev–Trinajstić information content (AvgIpc) is 2.46. The Morgan fingerprint density at radius 2 is 1.60 bits per heavy atom. The first-order valence-corrected chi connectivity index (χ1v) is 6.76. The molecule has 0 heterocycles. The number of hydrogen-bond donors (Lipinski definition) is 0. The van der Waals surface area contributed by atoms with Crippen molar-refractivity contribution in [3.63, 3.8) is 0 Å². The fraction of sp³-hybridized carbons (Fsp3) is 0.105. The molecule has 0 N–H and O–H groups in total. The van der Waals surface area contributed by atoms with Crippen LogP contribution in [-0.4, -0.2) is 5.78 Å². The third kappa shape index (κ3) is 2.12. The summed E-state index contributed by atoms with van der Waals surface area (Å²) in [5.74, 6) is 0.105. The minimum Gasteiger partial charge on any atom is -0.294 e. The first kappa shape index (κ1) is 12.6. The van der Waals surface area contributed by atoms with E-state index in [2.05, 4.69) is 37.3 Å². The number of Topliss-reactive ketones (excluding diaryl/α,β-unsaturated/α-hetero) is 1. The van der Waals surface area contributed by atoms with Gasteiger partial charge in [-0.25, -0.2) is 0 Å². The van der Waals surface area contributed by atoms with E-state index >= 15 is 0 Å². The van der Waals surface area contributed by atoms with E-state index in [1.54, 1.807) is 6.92 Å². The number of hydrogen-bond acceptors (Lipinski definition) is 1. The van der Waals surface area contributed by atoms with Gasteiger partial charge in [0.2, 0.25) is 0 Å². The summed E-state index contributed by atoms with van der Waals surface area (Å²) < 4.78 is 0. The lowest BCUT2D eigenvalue weighted by atomic mass is 9.92. The maximum Gasteiger partial charge on any atom is 0.160 e. The summed E-state index contributed by atoms with van der Waals surface area (Å²) >= 11 is 0. The molecule has 0 aliphatic heterocycles. The van der Waals surface area contributed by atoms with Crippen molar-refractivity contribution in [2.75, 3.05) is 0 Å². The maximum absolute atomic E-state index is 11.9. The molecule has 98 valence electrons. The second-order valence-electron chi connectivity index (χ2n) is 5.13. The molecule has 3 aromatic rings. The fourth-order valence-electron chi connectivity index (χ4n) is 2.65. The van der Waals surface area contributed by atoms with Gasteiger partial charge in [-0.1, -0.05) is 66.2 Å². The lowest BCUT2D eigenvalue weighted by Gasteiger charge is -2.11. The van der Waals surface area contributed by atoms with Crippen molar-refractivity contribution in [2.45, 2.75) is 13.8 Å². The van der Waals surface area contributed by atoms with Crippen molar-refractivity contribution in [1.82, 2.24) is 0 Å². The highest BCUT2D eigenvalue weighted by molar-refractivity contribution is 6.06. The molecule has 0 amide bonds. The molecule has 1 nitrogen and oxygen atoms in total. The number of ketones is 1. The van der Waals surface area contributed by atoms with Crippen LogP contribution in [0, 0.1) is 6.92 Å². The number of aryl methyl sites for hydroxylation is 1. The number of benzene rings is 3. The molecule has 20 heavy (non-hydrogen) atoms. The molecule has 0 saturated carbocycles. The van der Waals surface area contributed by atoms with E-state index in [1.165, 1.54) is 10.8 Å². The molecule has 0 radical (unpaired) electrons. The highest BCUT2D eigenvalue weighted by Crippen LogP contribution is 2.31. The average molecular weight is 260 g/mol. The van der Waals surface area contributed by atoms with Gasteiger partial charge in [-0.15, -0.1) is 0 Å². The minimum absolute atomic E-state index is 0.105. The van der Waals surface area contributed by atoms with E-state index in [4.69, 9.17) is 0 Å². The van der Waals surface area contributed by atoms with E-state index in [0.29, 0.717) is 0 Å². The summed E-state index contributed by atoms with van der Waals surface area (Å²) in [5.41, 5.74) is 4.09. The van der Waals surface area contributed by atoms with Gasteiger partial charge in [0.05, 0.1) is 0 Å². The zero-order chi connectivity index (χ0) is 14.1. The Hall–Kier alpha value is -2.41. The third-order valence-corrected chi connectivity index (χ3v) is 3.63. The van der Waals surface area contributed by atoms with E-state index in [0.717, 1.165) is 22.3 Å². The molecule has 1 heteroatoms. The topological polar surface area (TPSA) is 17.1 Å². The van der Waals surface area contributed by atoms with E-state index in [1.807, 2.05) is 30.3 Å². The van der Waals surface area contributed by atoms with Gasteiger partial charge in [-0.05, 0) is 35.7 Å². The highest BCUT2D eigenvalue weighted by Gasteiger charge is 2.11. The predicted octanol–water partition coefficient (Wildman–Crippen LogP) is 5.02. The van der Waals surface area contributed by atoms with Crippen LogP contribution < -0.4 is 0 Å². The Labute approximate surface area is 118 Å². The Balaban J connectivity index is 2.36. The molecule has 0 aliphatic rings. The lowest BCUT2D eigenvalue weighted by molar-refractivity contribution is 0.101. The Bertz CT molecular complexity index is 794. The van der Waals surface area contributed by atoms with Crippen LogP contribution >= 0.6 is 0 Å². The van der Waals surface area contributed by atoms with Gasteiger partial charge in [0.15, 0.2) is 5.78 Å². The van der Waals surface area contributed by atoms with Crippen molar-refractivity contribution in [2.24, 2.45) is 0 Å². The van der Waals surface area contributed by atoms with Crippen LogP contribution in [-0.2, 0) is 0 Å². The van der Waals surface area contributed by atoms with Crippen LogP contribution in [0.5, 0.6) is 0 Å². The Kier molecular flexibility index (Phi) is 3.11. The zero-order valence-corrected chi connectivity index (χ0v) is 11.7. The largest absolute Gasteiger partial charge is 0.294 e. The van der Waals surface area contributed by atoms with Crippen molar-refractivity contribution in [3.8, 4) is 11.1 Å². The summed E-state index contributed by atoms with van der Waals surface area (Å²) in [6, 6.07) is 20.5. The monoisotopic (exact) mass is 260 g/mol. The first-order chi connectivity index (χ1) is 9.66. The highest BCUT2D eigenvalue weighted by atomic mass is 16.1. The molecule has 0 aliphatic carbocycles. The SMILES string of the molecule is CC(=O)c1ccc(C)cc1-c1cccc2ccccc12. The van der Waals surface area contributed by atoms with Gasteiger partial charge in [0.25, 0.3) is 0 Å². The molecule has 0 bridgehead atoms. The molecule has 0 atom stereocenters. The molecule has 3 aromatic carbocycles. The molecule has 0 fully saturated rings. The zero-order valence-electron chi connectivity index (χ0n) is 11.7. The van der Waals surface area contributed by atoms with Crippen molar-refractivity contribution in [1.29, 1.82) is 0 Å². The second-order valence-corrected chi connectivity index (χ2v) is 5.13. The quantitative estimate of drug-likeness (QED) is 0.591. The van der Waals surface area contributed by atoms with Crippen LogP contribution in [0.2, 0.25) is 0 Å². The summed E-state index contributed by atoms with van der Waals surface area (Å²) in [7, 11) is 0. The van der Waals surface area contributed by atoms with E-state index < -0.39 is 0 Å². The minimum atomic E-state index is 0.105. The number of rotatable bonds is 2. The number of carbonyl (C=O) groups excluding carboxylic acids is 1. The smallest absolute Gasteiger partial charge is 0.160 e. The fourth-order valence-corrected chi connectivity index (χ4v) is 2.65. The van der Waals surface area contributed by atoms with Gasteiger partial charge in [-0.2, -0.15) is 0 Å². The first-order valence-electron chi connectivity index (χ1n) is 6.76. The molecule has 0 aromatic heterocycles. The Morgan fingerprint density at radius 3 is 2.40 bits per heavy atom. The van der Waals surface area contributed by atoms with Gasteiger partial charge >= 0.3 is 0 Å². The van der Waals surface area contributed by atoms with Crippen LogP contribution in [0.3, 0.4) is 0 Å². The van der Waals surface area contributed by atoms with Gasteiger partial charge in [0.1, 0.15) is 0 Å². The molecule has 3 rings (SSSR count). The number of carbonyl (C=O) groups is 1. The van der Waals surface area contributed by atoms with Crippen molar-refractivity contribution in [3.05, 3.63) is 71.8 Å². The normalized spacial score (nSPS) is 10.7. The summed E-state index contributed by atoms with van der Waals surface area (Å²) in [6.45, 7) is 3.68. The Morgan fingerprint density at radius 1 is 0.850 bits per heavy atom. The van der Waals surface area contributed by atoms with Gasteiger partial charge < -0.3 is 0 Å². The summed E-state index contributed by atoms with van der Waals surface area (Å²) in [4.78, 5) is 11.9. The second kappa shape index (κ2) is 4.93. The molecule has 0 unspecified atom stereocenters. The summed E-state index contributed by atoms with van der Waals surface area (Å²) in [6.07, 6.45) is 0. The van der Waals surface area contributed by atoms with E-state index in [9.17, 15) is 4.79 Å². The van der Waals surface area contributed by atoms with Crippen molar-refractivity contribution < 1.29 is 4.79 Å². The van der Waals surface area contributed by atoms with Crippen LogP contribution in [0.25, 0.3) is 21.9 Å². The number of fused-ring (bicyclic) bond motifs is 1. The molecular weight excluding hydrogens is 244 g/mol. The van der Waals surface area contributed by atoms with Crippen LogP contribution in [0.15, 0.2) is 60.7 Å². The van der Waals surface area contributed by atoms with Crippen LogP contribution in [0.1, 0.15) is 22.8 Å². The maximum atomic E-state index is 11.9. The third-order valence-electron chi connectivity index (χ3n) is 3.63. The summed E-state index contributed by atoms with van der Waals surface area (Å²) in [5, 5.41) is 2.38. The van der Waals surface area contributed by atoms with Gasteiger partial charge in [-0.3, -0.25) is 4.79 Å². The van der Waals surface area contributed by atoms with E-state index in [-0.39, 0.29) is 5.78 Å².